The zero-order valence-corrected chi connectivity index (χ0v) is 15.7. The Morgan fingerprint density at radius 3 is 2.89 bits per heavy atom. The van der Waals surface area contributed by atoms with Crippen LogP contribution in [0.3, 0.4) is 0 Å². The number of benzene rings is 2. The van der Waals surface area contributed by atoms with Crippen LogP contribution in [0.5, 0.6) is 0 Å². The Morgan fingerprint density at radius 2 is 2.00 bits per heavy atom. The van der Waals surface area contributed by atoms with Gasteiger partial charge in [0.2, 0.25) is 5.91 Å². The number of carbonyl (C=O) groups excluding carboxylic acids is 2. The predicted octanol–water partition coefficient (Wildman–Crippen LogP) is 2.95. The molecule has 2 aromatic carbocycles. The lowest BCUT2D eigenvalue weighted by Gasteiger charge is -2.37. The molecule has 5 nitrogen and oxygen atoms in total. The van der Waals surface area contributed by atoms with Gasteiger partial charge in [0.1, 0.15) is 6.61 Å². The first-order valence-electron chi connectivity index (χ1n) is 9.76. The average Bonchev–Trinajstić information content (AvgIpc) is 3.08. The van der Waals surface area contributed by atoms with E-state index in [1.807, 2.05) is 24.1 Å². The number of rotatable bonds is 2. The van der Waals surface area contributed by atoms with Crippen LogP contribution >= 0.6 is 0 Å². The van der Waals surface area contributed by atoms with Crippen molar-refractivity contribution in [3.8, 4) is 0 Å². The van der Waals surface area contributed by atoms with Crippen molar-refractivity contribution in [2.75, 3.05) is 26.7 Å². The molecule has 3 heterocycles. The molecule has 2 fully saturated rings. The zero-order chi connectivity index (χ0) is 18.6. The van der Waals surface area contributed by atoms with Crippen molar-refractivity contribution >= 4 is 22.6 Å². The molecule has 2 aromatic rings. The number of esters is 1. The number of cyclic esters (lactones) is 1. The number of nitrogens with zero attached hydrogens (tertiary/aromatic N) is 2. The van der Waals surface area contributed by atoms with Gasteiger partial charge in [-0.25, -0.2) is 4.79 Å². The molecular formula is C22H24N2O3. The fourth-order valence-corrected chi connectivity index (χ4v) is 5.17. The first-order chi connectivity index (χ1) is 13.1. The third-order valence-corrected chi connectivity index (χ3v) is 6.57. The summed E-state index contributed by atoms with van der Waals surface area (Å²) in [6.07, 6.45) is 3.05. The maximum atomic E-state index is 12.8. The van der Waals surface area contributed by atoms with E-state index in [2.05, 4.69) is 23.1 Å². The van der Waals surface area contributed by atoms with E-state index in [1.165, 1.54) is 5.56 Å². The van der Waals surface area contributed by atoms with Crippen molar-refractivity contribution in [1.82, 2.24) is 9.80 Å². The second-order valence-electron chi connectivity index (χ2n) is 8.26. The monoisotopic (exact) mass is 364 g/mol. The van der Waals surface area contributed by atoms with Crippen LogP contribution < -0.4 is 0 Å². The van der Waals surface area contributed by atoms with Crippen LogP contribution in [0.4, 0.5) is 0 Å². The molecule has 1 amide bonds. The van der Waals surface area contributed by atoms with Gasteiger partial charge in [0.05, 0.1) is 11.0 Å². The highest BCUT2D eigenvalue weighted by Crippen LogP contribution is 2.40. The van der Waals surface area contributed by atoms with E-state index in [9.17, 15) is 9.59 Å². The lowest BCUT2D eigenvalue weighted by Crippen LogP contribution is -2.48. The Labute approximate surface area is 158 Å². The molecule has 1 atom stereocenters. The summed E-state index contributed by atoms with van der Waals surface area (Å²) in [7, 11) is 1.93. The molecule has 0 unspecified atom stereocenters. The minimum Gasteiger partial charge on any atom is -0.457 e. The number of piperidine rings is 1. The summed E-state index contributed by atoms with van der Waals surface area (Å²) in [4.78, 5) is 29.2. The van der Waals surface area contributed by atoms with Crippen molar-refractivity contribution in [3.63, 3.8) is 0 Å². The van der Waals surface area contributed by atoms with Crippen molar-refractivity contribution in [3.05, 3.63) is 47.0 Å². The average molecular weight is 364 g/mol. The minimum absolute atomic E-state index is 0.191. The maximum Gasteiger partial charge on any atom is 0.339 e. The SMILES string of the molecule is CN1CCC[C@]2(CCN(Cc3ccc4c5c(cccc35)C(=O)OC4)C2)C1=O. The Hall–Kier alpha value is -2.40. The van der Waals surface area contributed by atoms with E-state index in [0.717, 1.165) is 61.8 Å². The Balaban J connectivity index is 1.45. The summed E-state index contributed by atoms with van der Waals surface area (Å²) >= 11 is 0. The van der Waals surface area contributed by atoms with Gasteiger partial charge in [-0.3, -0.25) is 9.69 Å². The topological polar surface area (TPSA) is 49.9 Å². The van der Waals surface area contributed by atoms with Gasteiger partial charge in [-0.05, 0) is 48.4 Å². The van der Waals surface area contributed by atoms with Gasteiger partial charge in [-0.1, -0.05) is 24.3 Å². The molecular weight excluding hydrogens is 340 g/mol. The Morgan fingerprint density at radius 1 is 1.11 bits per heavy atom. The first-order valence-corrected chi connectivity index (χ1v) is 9.76. The maximum absolute atomic E-state index is 12.8. The lowest BCUT2D eigenvalue weighted by atomic mass is 9.78. The Bertz CT molecular complexity index is 954. The number of carbonyl (C=O) groups is 2. The second-order valence-corrected chi connectivity index (χ2v) is 8.26. The fourth-order valence-electron chi connectivity index (χ4n) is 5.17. The van der Waals surface area contributed by atoms with Crippen LogP contribution in [0.2, 0.25) is 0 Å². The predicted molar refractivity (Wildman–Crippen MR) is 102 cm³/mol. The molecule has 0 saturated carbocycles. The van der Waals surface area contributed by atoms with Crippen LogP contribution in [0.15, 0.2) is 30.3 Å². The second kappa shape index (κ2) is 6.06. The quantitative estimate of drug-likeness (QED) is 0.769. The van der Waals surface area contributed by atoms with Crippen molar-refractivity contribution in [2.24, 2.45) is 5.41 Å². The third kappa shape index (κ3) is 2.56. The number of likely N-dealkylation sites (tertiary alicyclic amines) is 2. The summed E-state index contributed by atoms with van der Waals surface area (Å²) in [5.74, 6) is 0.0807. The molecule has 0 radical (unpaired) electrons. The van der Waals surface area contributed by atoms with Gasteiger partial charge in [0, 0.05) is 32.1 Å². The van der Waals surface area contributed by atoms with Crippen molar-refractivity contribution in [2.45, 2.75) is 32.4 Å². The van der Waals surface area contributed by atoms with E-state index >= 15 is 0 Å². The third-order valence-electron chi connectivity index (χ3n) is 6.57. The molecule has 140 valence electrons. The molecule has 0 aromatic heterocycles. The lowest BCUT2D eigenvalue weighted by molar-refractivity contribution is -0.143. The van der Waals surface area contributed by atoms with Crippen molar-refractivity contribution < 1.29 is 14.3 Å². The molecule has 0 N–H and O–H groups in total. The molecule has 27 heavy (non-hydrogen) atoms. The molecule has 1 spiro atoms. The summed E-state index contributed by atoms with van der Waals surface area (Å²) in [6, 6.07) is 10.1. The zero-order valence-electron chi connectivity index (χ0n) is 15.7. The van der Waals surface area contributed by atoms with Crippen LogP contribution in [0.25, 0.3) is 10.8 Å². The van der Waals surface area contributed by atoms with Crippen molar-refractivity contribution in [1.29, 1.82) is 0 Å². The van der Waals surface area contributed by atoms with E-state index in [1.54, 1.807) is 0 Å². The van der Waals surface area contributed by atoms with Crippen LogP contribution in [-0.2, 0) is 22.7 Å². The van der Waals surface area contributed by atoms with E-state index in [4.69, 9.17) is 4.74 Å². The summed E-state index contributed by atoms with van der Waals surface area (Å²) < 4.78 is 5.27. The molecule has 3 aliphatic heterocycles. The highest BCUT2D eigenvalue weighted by atomic mass is 16.5. The molecule has 5 heteroatoms. The highest BCUT2D eigenvalue weighted by Gasteiger charge is 2.47. The molecule has 2 saturated heterocycles. The van der Waals surface area contributed by atoms with E-state index in [-0.39, 0.29) is 11.4 Å². The van der Waals surface area contributed by atoms with Crippen LogP contribution in [-0.4, -0.2) is 48.4 Å². The summed E-state index contributed by atoms with van der Waals surface area (Å²) in [5, 5.41) is 2.17. The van der Waals surface area contributed by atoms with Crippen LogP contribution in [0, 0.1) is 5.41 Å². The fraction of sp³-hybridized carbons (Fsp3) is 0.455. The van der Waals surface area contributed by atoms with Gasteiger partial charge in [0.25, 0.3) is 0 Å². The number of ether oxygens (including phenoxy) is 1. The summed E-state index contributed by atoms with van der Waals surface area (Å²) in [5.41, 5.74) is 2.77. The molecule has 0 aliphatic carbocycles. The Kier molecular flexibility index (Phi) is 3.76. The largest absolute Gasteiger partial charge is 0.457 e. The number of hydrogen-bond acceptors (Lipinski definition) is 4. The highest BCUT2D eigenvalue weighted by molar-refractivity contribution is 6.08. The minimum atomic E-state index is -0.235. The molecule has 5 rings (SSSR count). The molecule has 3 aliphatic rings. The van der Waals surface area contributed by atoms with Gasteiger partial charge < -0.3 is 9.64 Å². The van der Waals surface area contributed by atoms with Gasteiger partial charge in [0.15, 0.2) is 0 Å². The standard InChI is InChI=1S/C22H24N2O3/c1-23-10-3-8-22(21(23)26)9-11-24(14-22)12-15-6-7-16-13-27-20(25)18-5-2-4-17(15)19(16)18/h2,4-7H,3,8-14H2,1H3/t22-/m1/s1. The van der Waals surface area contributed by atoms with E-state index < -0.39 is 0 Å². The van der Waals surface area contributed by atoms with Gasteiger partial charge >= 0.3 is 5.97 Å². The van der Waals surface area contributed by atoms with Crippen LogP contribution in [0.1, 0.15) is 40.7 Å². The number of amides is 1. The van der Waals surface area contributed by atoms with Gasteiger partial charge in [-0.15, -0.1) is 0 Å². The molecule has 0 bridgehead atoms. The summed E-state index contributed by atoms with van der Waals surface area (Å²) in [6.45, 7) is 3.82. The smallest absolute Gasteiger partial charge is 0.339 e. The normalized spacial score (nSPS) is 25.4. The van der Waals surface area contributed by atoms with E-state index in [0.29, 0.717) is 18.1 Å². The number of hydrogen-bond donors (Lipinski definition) is 0. The van der Waals surface area contributed by atoms with Gasteiger partial charge in [-0.2, -0.15) is 0 Å². The first kappa shape index (κ1) is 16.8.